The highest BCUT2D eigenvalue weighted by atomic mass is 32.1. The van der Waals surface area contributed by atoms with Crippen LogP contribution in [-0.2, 0) is 14.3 Å². The third-order valence-electron chi connectivity index (χ3n) is 6.21. The zero-order valence-electron chi connectivity index (χ0n) is 21.3. The van der Waals surface area contributed by atoms with Gasteiger partial charge in [-0.15, -0.1) is 0 Å². The number of thiocarbonyl (C=S) groups is 1. The second-order valence-corrected chi connectivity index (χ2v) is 9.62. The van der Waals surface area contributed by atoms with E-state index in [0.29, 0.717) is 25.3 Å². The van der Waals surface area contributed by atoms with Crippen LogP contribution in [0.4, 0.5) is 0 Å². The summed E-state index contributed by atoms with van der Waals surface area (Å²) < 4.78 is 5.38. The Morgan fingerprint density at radius 1 is 1.09 bits per heavy atom. The maximum absolute atomic E-state index is 12.6. The zero-order chi connectivity index (χ0) is 25.5. The largest absolute Gasteiger partial charge is 0.466 e. The summed E-state index contributed by atoms with van der Waals surface area (Å²) in [5.74, 6) is -1.06. The van der Waals surface area contributed by atoms with Crippen LogP contribution < -0.4 is 10.6 Å². The summed E-state index contributed by atoms with van der Waals surface area (Å²) in [4.78, 5) is 39.1. The molecular weight excluding hydrogens is 462 g/mol. The number of unbranched alkanes of at least 4 members (excludes halogenated alkanes) is 9. The summed E-state index contributed by atoms with van der Waals surface area (Å²) in [6.07, 6.45) is 12.0. The molecule has 8 heteroatoms. The second-order valence-electron chi connectivity index (χ2n) is 9.24. The Morgan fingerprint density at radius 3 is 2.40 bits per heavy atom. The van der Waals surface area contributed by atoms with Crippen LogP contribution in [0.25, 0.3) is 0 Å². The molecule has 2 amide bonds. The van der Waals surface area contributed by atoms with Gasteiger partial charge in [0.15, 0.2) is 5.11 Å². The van der Waals surface area contributed by atoms with Gasteiger partial charge in [-0.3, -0.25) is 19.7 Å². The van der Waals surface area contributed by atoms with Gasteiger partial charge in [0, 0.05) is 18.7 Å². The van der Waals surface area contributed by atoms with Crippen molar-refractivity contribution in [3.8, 4) is 0 Å². The number of esters is 1. The van der Waals surface area contributed by atoms with Crippen molar-refractivity contribution in [3.05, 3.63) is 35.4 Å². The van der Waals surface area contributed by atoms with Gasteiger partial charge in [0.2, 0.25) is 5.91 Å². The van der Waals surface area contributed by atoms with E-state index < -0.39 is 12.0 Å². The fourth-order valence-electron chi connectivity index (χ4n) is 4.18. The average molecular weight is 504 g/mol. The van der Waals surface area contributed by atoms with Gasteiger partial charge in [0.1, 0.15) is 6.04 Å². The van der Waals surface area contributed by atoms with E-state index in [1.54, 1.807) is 23.1 Å². The van der Waals surface area contributed by atoms with E-state index in [2.05, 4.69) is 17.6 Å². The monoisotopic (exact) mass is 503 g/mol. The highest BCUT2D eigenvalue weighted by molar-refractivity contribution is 7.80. The van der Waals surface area contributed by atoms with Crippen molar-refractivity contribution in [3.63, 3.8) is 0 Å². The van der Waals surface area contributed by atoms with Gasteiger partial charge >= 0.3 is 5.97 Å². The molecule has 1 unspecified atom stereocenters. The van der Waals surface area contributed by atoms with Gasteiger partial charge in [-0.2, -0.15) is 0 Å². The van der Waals surface area contributed by atoms with E-state index in [4.69, 9.17) is 17.0 Å². The fraction of sp³-hybridized carbons (Fsp3) is 0.630. The molecular formula is C27H41N3O4S. The van der Waals surface area contributed by atoms with E-state index in [9.17, 15) is 14.4 Å². The average Bonchev–Trinajstić information content (AvgIpc) is 2.83. The molecule has 1 aliphatic heterocycles. The molecule has 1 saturated heterocycles. The van der Waals surface area contributed by atoms with Crippen molar-refractivity contribution in [2.45, 2.75) is 90.5 Å². The predicted molar refractivity (Wildman–Crippen MR) is 142 cm³/mol. The molecule has 0 saturated carbocycles. The summed E-state index contributed by atoms with van der Waals surface area (Å²) in [6.45, 7) is 5.30. The lowest BCUT2D eigenvalue weighted by molar-refractivity contribution is -0.147. The molecule has 0 aromatic heterocycles. The Hall–Kier alpha value is -2.48. The number of nitrogens with zero attached hydrogens (tertiary/aromatic N) is 1. The maximum atomic E-state index is 12.6. The first kappa shape index (κ1) is 28.8. The van der Waals surface area contributed by atoms with Crippen LogP contribution in [0.2, 0.25) is 0 Å². The molecule has 2 N–H and O–H groups in total. The molecule has 1 aromatic carbocycles. The lowest BCUT2D eigenvalue weighted by atomic mass is 10.1. The number of benzene rings is 1. The maximum Gasteiger partial charge on any atom is 0.308 e. The van der Waals surface area contributed by atoms with Crippen LogP contribution in [0.1, 0.15) is 93.5 Å². The van der Waals surface area contributed by atoms with Crippen LogP contribution in [0.15, 0.2) is 24.3 Å². The van der Waals surface area contributed by atoms with E-state index in [-0.39, 0.29) is 23.3 Å². The minimum Gasteiger partial charge on any atom is -0.466 e. The molecule has 7 nitrogen and oxygen atoms in total. The van der Waals surface area contributed by atoms with Crippen LogP contribution in [0, 0.1) is 6.92 Å². The molecule has 1 fully saturated rings. The normalized spacial score (nSPS) is 15.4. The first-order valence-corrected chi connectivity index (χ1v) is 13.4. The highest BCUT2D eigenvalue weighted by Gasteiger charge is 2.34. The molecule has 1 aliphatic rings. The van der Waals surface area contributed by atoms with E-state index in [1.165, 1.54) is 44.9 Å². The fourth-order valence-corrected chi connectivity index (χ4v) is 4.49. The van der Waals surface area contributed by atoms with Crippen LogP contribution in [0.5, 0.6) is 0 Å². The number of carbonyl (C=O) groups excluding carboxylic acids is 3. The Morgan fingerprint density at radius 2 is 1.74 bits per heavy atom. The van der Waals surface area contributed by atoms with Crippen molar-refractivity contribution >= 4 is 35.1 Å². The lowest BCUT2D eigenvalue weighted by Gasteiger charge is -2.36. The van der Waals surface area contributed by atoms with Crippen molar-refractivity contribution in [2.24, 2.45) is 0 Å². The number of nitrogens with one attached hydrogen (secondary N) is 2. The number of hydrogen-bond acceptors (Lipinski definition) is 5. The van der Waals surface area contributed by atoms with Gasteiger partial charge in [0.05, 0.1) is 13.0 Å². The topological polar surface area (TPSA) is 87.7 Å². The van der Waals surface area contributed by atoms with Gasteiger partial charge in [-0.25, -0.2) is 0 Å². The molecule has 1 heterocycles. The van der Waals surface area contributed by atoms with Crippen LogP contribution in [0.3, 0.4) is 0 Å². The minimum atomic E-state index is -0.797. The Labute approximate surface area is 215 Å². The molecule has 194 valence electrons. The zero-order valence-corrected chi connectivity index (χ0v) is 22.1. The smallest absolute Gasteiger partial charge is 0.308 e. The number of ether oxygens (including phenoxy) is 1. The first-order chi connectivity index (χ1) is 16.9. The molecule has 0 spiro atoms. The third-order valence-corrected chi connectivity index (χ3v) is 6.55. The van der Waals surface area contributed by atoms with E-state index in [1.807, 2.05) is 13.0 Å². The van der Waals surface area contributed by atoms with Gasteiger partial charge in [-0.05, 0) is 37.7 Å². The number of piperazine rings is 1. The van der Waals surface area contributed by atoms with Crippen molar-refractivity contribution in [1.29, 1.82) is 0 Å². The summed E-state index contributed by atoms with van der Waals surface area (Å²) in [7, 11) is 0. The molecule has 35 heavy (non-hydrogen) atoms. The standard InChI is InChI=1S/C27H41N3O4S/c1-3-4-5-6-7-8-9-10-11-12-18-34-24(31)20-23-26(33)28-16-17-30(23)27(35)29-25(32)22-15-13-14-21(2)19-22/h13-15,19,23H,3-12,16-18,20H2,1-2H3,(H,28,33)(H,29,32,35). The van der Waals surface area contributed by atoms with Crippen LogP contribution >= 0.6 is 12.2 Å². The van der Waals surface area contributed by atoms with Crippen molar-refractivity contribution < 1.29 is 19.1 Å². The molecule has 1 atom stereocenters. The van der Waals surface area contributed by atoms with Gasteiger partial charge in [0.25, 0.3) is 5.91 Å². The first-order valence-electron chi connectivity index (χ1n) is 13.0. The molecule has 1 aromatic rings. The Bertz CT molecular complexity index is 845. The van der Waals surface area contributed by atoms with E-state index >= 15 is 0 Å². The van der Waals surface area contributed by atoms with E-state index in [0.717, 1.165) is 24.8 Å². The summed E-state index contributed by atoms with van der Waals surface area (Å²) in [6, 6.07) is 6.38. The second kappa shape index (κ2) is 16.2. The summed E-state index contributed by atoms with van der Waals surface area (Å²) >= 11 is 5.41. The van der Waals surface area contributed by atoms with Gasteiger partial charge < -0.3 is 15.0 Å². The Kier molecular flexibility index (Phi) is 13.3. The number of rotatable bonds is 14. The third kappa shape index (κ3) is 10.8. The van der Waals surface area contributed by atoms with Crippen molar-refractivity contribution in [2.75, 3.05) is 19.7 Å². The number of aryl methyl sites for hydroxylation is 1. The Balaban J connectivity index is 1.70. The number of amides is 2. The summed E-state index contributed by atoms with van der Waals surface area (Å²) in [5.41, 5.74) is 1.45. The molecule has 0 aliphatic carbocycles. The molecule has 0 radical (unpaired) electrons. The molecule has 2 rings (SSSR count). The number of hydrogen-bond donors (Lipinski definition) is 2. The SMILES string of the molecule is CCCCCCCCCCCCOC(=O)CC1C(=O)NCCN1C(=S)NC(=O)c1cccc(C)c1. The predicted octanol–water partition coefficient (Wildman–Crippen LogP) is 4.66. The highest BCUT2D eigenvalue weighted by Crippen LogP contribution is 2.13. The van der Waals surface area contributed by atoms with Crippen molar-refractivity contribution in [1.82, 2.24) is 15.5 Å². The summed E-state index contributed by atoms with van der Waals surface area (Å²) in [5, 5.41) is 5.60. The lowest BCUT2D eigenvalue weighted by Crippen LogP contribution is -2.60. The quantitative estimate of drug-likeness (QED) is 0.218. The minimum absolute atomic E-state index is 0.107. The molecule has 0 bridgehead atoms. The van der Waals surface area contributed by atoms with Gasteiger partial charge in [-0.1, -0.05) is 82.4 Å². The van der Waals surface area contributed by atoms with Crippen LogP contribution in [-0.4, -0.2) is 53.5 Å². The number of carbonyl (C=O) groups is 3.